The number of rotatable bonds is 3. The number of ether oxygens (including phenoxy) is 1. The maximum absolute atomic E-state index is 13.6. The highest BCUT2D eigenvalue weighted by molar-refractivity contribution is 5.80. The first kappa shape index (κ1) is 12.6. The molecule has 0 radical (unpaired) electrons. The number of aliphatic imine (C=N–C) groups is 1. The summed E-state index contributed by atoms with van der Waals surface area (Å²) in [5.74, 6) is 1.12. The molecule has 0 bridgehead atoms. The summed E-state index contributed by atoms with van der Waals surface area (Å²) in [5, 5.41) is 3.36. The third kappa shape index (κ3) is 2.95. The van der Waals surface area contributed by atoms with Crippen molar-refractivity contribution in [3.8, 4) is 0 Å². The number of nitrogens with zero attached hydrogens (tertiary/aromatic N) is 1. The number of hydrogen-bond acceptors (Lipinski definition) is 3. The van der Waals surface area contributed by atoms with Gasteiger partial charge in [0.05, 0.1) is 6.54 Å². The van der Waals surface area contributed by atoms with E-state index in [1.807, 2.05) is 12.1 Å². The van der Waals surface area contributed by atoms with Gasteiger partial charge in [0, 0.05) is 18.9 Å². The molecule has 0 saturated carbocycles. The lowest BCUT2D eigenvalue weighted by Crippen LogP contribution is -2.35. The number of halogens is 1. The Hall–Kier alpha value is -1.42. The molecule has 3 nitrogen and oxygen atoms in total. The lowest BCUT2D eigenvalue weighted by molar-refractivity contribution is 0.204. The molecule has 102 valence electrons. The van der Waals surface area contributed by atoms with E-state index < -0.39 is 0 Å². The van der Waals surface area contributed by atoms with Gasteiger partial charge in [0.25, 0.3) is 0 Å². The standard InChI is InChI=1S/C15H19FN2O/c16-14-6-2-1-4-11(14)8-13-10-18-15(19-13)12-5-3-7-17-9-12/h1-2,4,6,12-13,17H,3,5,7-10H2. The molecule has 1 fully saturated rings. The van der Waals surface area contributed by atoms with E-state index in [1.165, 1.54) is 12.5 Å². The Morgan fingerprint density at radius 2 is 2.26 bits per heavy atom. The molecule has 0 aromatic heterocycles. The van der Waals surface area contributed by atoms with Gasteiger partial charge in [0.2, 0.25) is 0 Å². The van der Waals surface area contributed by atoms with Gasteiger partial charge in [0.1, 0.15) is 11.9 Å². The highest BCUT2D eigenvalue weighted by Gasteiger charge is 2.28. The summed E-state index contributed by atoms with van der Waals surface area (Å²) in [5.41, 5.74) is 0.714. The molecule has 2 unspecified atom stereocenters. The van der Waals surface area contributed by atoms with Gasteiger partial charge in [-0.05, 0) is 31.0 Å². The lowest BCUT2D eigenvalue weighted by Gasteiger charge is -2.23. The van der Waals surface area contributed by atoms with Crippen molar-refractivity contribution < 1.29 is 9.13 Å². The minimum absolute atomic E-state index is 0.00572. The van der Waals surface area contributed by atoms with Gasteiger partial charge in [-0.2, -0.15) is 0 Å². The van der Waals surface area contributed by atoms with Crippen LogP contribution in [0.1, 0.15) is 18.4 Å². The highest BCUT2D eigenvalue weighted by atomic mass is 19.1. The first-order valence-corrected chi connectivity index (χ1v) is 6.98. The molecule has 2 aliphatic heterocycles. The first-order chi connectivity index (χ1) is 9.33. The SMILES string of the molecule is Fc1ccccc1CC1CN=C(C2CCCNC2)O1. The molecule has 1 aromatic rings. The van der Waals surface area contributed by atoms with Crippen molar-refractivity contribution in [2.45, 2.75) is 25.4 Å². The molecule has 1 aromatic carbocycles. The fourth-order valence-corrected chi connectivity index (χ4v) is 2.74. The molecule has 1 saturated heterocycles. The smallest absolute Gasteiger partial charge is 0.188 e. The number of nitrogens with one attached hydrogen (secondary N) is 1. The van der Waals surface area contributed by atoms with Crippen molar-refractivity contribution >= 4 is 5.90 Å². The topological polar surface area (TPSA) is 33.6 Å². The van der Waals surface area contributed by atoms with Crippen molar-refractivity contribution in [1.29, 1.82) is 0 Å². The second-order valence-corrected chi connectivity index (χ2v) is 5.26. The van der Waals surface area contributed by atoms with Crippen LogP contribution in [-0.2, 0) is 11.2 Å². The van der Waals surface area contributed by atoms with E-state index in [0.29, 0.717) is 24.4 Å². The monoisotopic (exact) mass is 262 g/mol. The molecule has 3 rings (SSSR count). The predicted molar refractivity (Wildman–Crippen MR) is 72.9 cm³/mol. The van der Waals surface area contributed by atoms with Crippen molar-refractivity contribution in [3.05, 3.63) is 35.6 Å². The summed E-state index contributed by atoms with van der Waals surface area (Å²) in [7, 11) is 0. The van der Waals surface area contributed by atoms with Crippen molar-refractivity contribution in [1.82, 2.24) is 5.32 Å². The molecule has 0 aliphatic carbocycles. The third-order valence-corrected chi connectivity index (χ3v) is 3.79. The Bertz CT molecular complexity index is 469. The van der Waals surface area contributed by atoms with Crippen LogP contribution in [0.15, 0.2) is 29.3 Å². The van der Waals surface area contributed by atoms with Crippen LogP contribution in [0.5, 0.6) is 0 Å². The summed E-state index contributed by atoms with van der Waals surface area (Å²) in [6, 6.07) is 6.89. The molecular formula is C15H19FN2O. The van der Waals surface area contributed by atoms with E-state index >= 15 is 0 Å². The minimum atomic E-state index is -0.154. The summed E-state index contributed by atoms with van der Waals surface area (Å²) in [4.78, 5) is 4.50. The Balaban J connectivity index is 1.57. The highest BCUT2D eigenvalue weighted by Crippen LogP contribution is 2.21. The molecule has 19 heavy (non-hydrogen) atoms. The number of piperidine rings is 1. The third-order valence-electron chi connectivity index (χ3n) is 3.79. The summed E-state index contributed by atoms with van der Waals surface area (Å²) in [6.45, 7) is 2.69. The fraction of sp³-hybridized carbons (Fsp3) is 0.533. The number of benzene rings is 1. The van der Waals surface area contributed by atoms with Crippen LogP contribution in [0.2, 0.25) is 0 Å². The van der Waals surface area contributed by atoms with Gasteiger partial charge in [0.15, 0.2) is 5.90 Å². The van der Waals surface area contributed by atoms with Crippen LogP contribution in [0, 0.1) is 11.7 Å². The van der Waals surface area contributed by atoms with Crippen molar-refractivity contribution in [2.24, 2.45) is 10.9 Å². The maximum Gasteiger partial charge on any atom is 0.188 e. The molecule has 0 spiro atoms. The molecule has 2 aliphatic rings. The second-order valence-electron chi connectivity index (χ2n) is 5.26. The molecule has 1 N–H and O–H groups in total. The van der Waals surface area contributed by atoms with E-state index in [1.54, 1.807) is 6.07 Å². The summed E-state index contributed by atoms with van der Waals surface area (Å²) >= 11 is 0. The largest absolute Gasteiger partial charge is 0.475 e. The second kappa shape index (κ2) is 5.70. The minimum Gasteiger partial charge on any atom is -0.475 e. The quantitative estimate of drug-likeness (QED) is 0.905. The van der Waals surface area contributed by atoms with Gasteiger partial charge in [-0.3, -0.25) is 4.99 Å². The van der Waals surface area contributed by atoms with Crippen LogP contribution in [0.3, 0.4) is 0 Å². The van der Waals surface area contributed by atoms with E-state index in [9.17, 15) is 4.39 Å². The zero-order valence-electron chi connectivity index (χ0n) is 10.9. The van der Waals surface area contributed by atoms with Crippen LogP contribution in [0.25, 0.3) is 0 Å². The van der Waals surface area contributed by atoms with Crippen molar-refractivity contribution in [3.63, 3.8) is 0 Å². The summed E-state index contributed by atoms with van der Waals surface area (Å²) in [6.07, 6.45) is 2.90. The Morgan fingerprint density at radius 1 is 1.37 bits per heavy atom. The van der Waals surface area contributed by atoms with Crippen LogP contribution >= 0.6 is 0 Å². The Kier molecular flexibility index (Phi) is 3.78. The van der Waals surface area contributed by atoms with Gasteiger partial charge >= 0.3 is 0 Å². The Morgan fingerprint density at radius 3 is 3.05 bits per heavy atom. The fourth-order valence-electron chi connectivity index (χ4n) is 2.74. The zero-order valence-corrected chi connectivity index (χ0v) is 10.9. The maximum atomic E-state index is 13.6. The average Bonchev–Trinajstić information content (AvgIpc) is 2.91. The van der Waals surface area contributed by atoms with Gasteiger partial charge in [-0.25, -0.2) is 4.39 Å². The van der Waals surface area contributed by atoms with E-state index in [2.05, 4.69) is 10.3 Å². The zero-order chi connectivity index (χ0) is 13.1. The number of hydrogen-bond donors (Lipinski definition) is 1. The first-order valence-electron chi connectivity index (χ1n) is 6.98. The normalized spacial score (nSPS) is 26.9. The van der Waals surface area contributed by atoms with E-state index in [-0.39, 0.29) is 11.9 Å². The molecule has 4 heteroatoms. The van der Waals surface area contributed by atoms with Crippen LogP contribution in [0.4, 0.5) is 4.39 Å². The Labute approximate surface area is 112 Å². The van der Waals surface area contributed by atoms with Crippen molar-refractivity contribution in [2.75, 3.05) is 19.6 Å². The molecule has 0 amide bonds. The lowest BCUT2D eigenvalue weighted by atomic mass is 10.00. The molecule has 2 atom stereocenters. The van der Waals surface area contributed by atoms with E-state index in [4.69, 9.17) is 4.74 Å². The van der Waals surface area contributed by atoms with Crippen LogP contribution < -0.4 is 5.32 Å². The summed E-state index contributed by atoms with van der Waals surface area (Å²) < 4.78 is 19.5. The predicted octanol–water partition coefficient (Wildman–Crippen LogP) is 2.17. The molecule has 2 heterocycles. The van der Waals surface area contributed by atoms with Gasteiger partial charge in [-0.1, -0.05) is 18.2 Å². The van der Waals surface area contributed by atoms with Gasteiger partial charge in [-0.15, -0.1) is 0 Å². The molecular weight excluding hydrogens is 243 g/mol. The van der Waals surface area contributed by atoms with Crippen LogP contribution in [-0.4, -0.2) is 31.6 Å². The van der Waals surface area contributed by atoms with Gasteiger partial charge < -0.3 is 10.1 Å². The average molecular weight is 262 g/mol. The van der Waals surface area contributed by atoms with E-state index in [0.717, 1.165) is 25.4 Å².